The predicted octanol–water partition coefficient (Wildman–Crippen LogP) is 3.95. The van der Waals surface area contributed by atoms with Gasteiger partial charge in [0.05, 0.1) is 0 Å². The van der Waals surface area contributed by atoms with Crippen molar-refractivity contribution >= 4 is 5.91 Å². The zero-order valence-corrected chi connectivity index (χ0v) is 12.6. The van der Waals surface area contributed by atoms with Crippen molar-refractivity contribution in [2.45, 2.75) is 53.0 Å². The van der Waals surface area contributed by atoms with Gasteiger partial charge in [0.25, 0.3) is 5.91 Å². The van der Waals surface area contributed by atoms with Gasteiger partial charge in [0.1, 0.15) is 0 Å². The van der Waals surface area contributed by atoms with Crippen LogP contribution >= 0.6 is 0 Å². The average Bonchev–Trinajstić information content (AvgIpc) is 3.16. The highest BCUT2D eigenvalue weighted by molar-refractivity contribution is 5.94. The lowest BCUT2D eigenvalue weighted by molar-refractivity contribution is 0.0735. The molecule has 1 aromatic carbocycles. The van der Waals surface area contributed by atoms with Crippen molar-refractivity contribution in [2.24, 2.45) is 5.92 Å². The standard InChI is InChI=1S/C17H25NO/c1-12(2)9-10-18(16-7-8-16)17(19)15-6-5-13(3)14(4)11-15/h5-6,11-12,16H,7-10H2,1-4H3. The number of nitrogens with zero attached hydrogens (tertiary/aromatic N) is 1. The predicted molar refractivity (Wildman–Crippen MR) is 79.4 cm³/mol. The van der Waals surface area contributed by atoms with Crippen LogP contribution in [0.4, 0.5) is 0 Å². The molecule has 0 N–H and O–H groups in total. The summed E-state index contributed by atoms with van der Waals surface area (Å²) in [7, 11) is 0. The van der Waals surface area contributed by atoms with Gasteiger partial charge in [-0.3, -0.25) is 4.79 Å². The van der Waals surface area contributed by atoms with Crippen molar-refractivity contribution < 1.29 is 4.79 Å². The van der Waals surface area contributed by atoms with E-state index in [0.29, 0.717) is 12.0 Å². The Morgan fingerprint density at radius 3 is 2.47 bits per heavy atom. The van der Waals surface area contributed by atoms with Crippen LogP contribution in [0.15, 0.2) is 18.2 Å². The minimum absolute atomic E-state index is 0.214. The van der Waals surface area contributed by atoms with Gasteiger partial charge in [0.15, 0.2) is 0 Å². The maximum absolute atomic E-state index is 12.6. The monoisotopic (exact) mass is 259 g/mol. The fraction of sp³-hybridized carbons (Fsp3) is 0.588. The second-order valence-electron chi connectivity index (χ2n) is 6.21. The Morgan fingerprint density at radius 1 is 1.26 bits per heavy atom. The van der Waals surface area contributed by atoms with Crippen molar-refractivity contribution in [2.75, 3.05) is 6.54 Å². The van der Waals surface area contributed by atoms with E-state index in [9.17, 15) is 4.79 Å². The summed E-state index contributed by atoms with van der Waals surface area (Å²) >= 11 is 0. The molecule has 1 amide bonds. The first kappa shape index (κ1) is 14.1. The molecule has 0 unspecified atom stereocenters. The molecule has 0 spiro atoms. The summed E-state index contributed by atoms with van der Waals surface area (Å²) in [5, 5.41) is 0. The van der Waals surface area contributed by atoms with Crippen LogP contribution in [0, 0.1) is 19.8 Å². The molecule has 2 nitrogen and oxygen atoms in total. The molecule has 0 aliphatic heterocycles. The smallest absolute Gasteiger partial charge is 0.254 e. The second kappa shape index (κ2) is 5.77. The molecule has 1 saturated carbocycles. The van der Waals surface area contributed by atoms with E-state index in [1.165, 1.54) is 24.0 Å². The van der Waals surface area contributed by atoms with Gasteiger partial charge in [-0.25, -0.2) is 0 Å². The van der Waals surface area contributed by atoms with Gasteiger partial charge in [-0.2, -0.15) is 0 Å². The first-order valence-corrected chi connectivity index (χ1v) is 7.37. The van der Waals surface area contributed by atoms with Crippen LogP contribution in [-0.4, -0.2) is 23.4 Å². The molecule has 1 fully saturated rings. The Balaban J connectivity index is 2.12. The maximum atomic E-state index is 12.6. The summed E-state index contributed by atoms with van der Waals surface area (Å²) in [6.45, 7) is 9.48. The molecule has 0 radical (unpaired) electrons. The summed E-state index contributed by atoms with van der Waals surface area (Å²) in [4.78, 5) is 14.7. The van der Waals surface area contributed by atoms with Gasteiger partial charge in [0, 0.05) is 18.2 Å². The number of carbonyl (C=O) groups is 1. The molecule has 1 aromatic rings. The normalized spacial score (nSPS) is 14.8. The van der Waals surface area contributed by atoms with Crippen molar-refractivity contribution in [3.63, 3.8) is 0 Å². The molecule has 0 atom stereocenters. The van der Waals surface area contributed by atoms with E-state index in [1.54, 1.807) is 0 Å². The molecule has 2 heteroatoms. The largest absolute Gasteiger partial charge is 0.336 e. The third-order valence-corrected chi connectivity index (χ3v) is 3.95. The topological polar surface area (TPSA) is 20.3 Å². The average molecular weight is 259 g/mol. The molecule has 2 rings (SSSR count). The quantitative estimate of drug-likeness (QED) is 0.784. The first-order valence-electron chi connectivity index (χ1n) is 7.37. The van der Waals surface area contributed by atoms with Gasteiger partial charge in [0.2, 0.25) is 0 Å². The molecular weight excluding hydrogens is 234 g/mol. The van der Waals surface area contributed by atoms with Crippen LogP contribution in [0.25, 0.3) is 0 Å². The fourth-order valence-electron chi connectivity index (χ4n) is 2.27. The highest BCUT2D eigenvalue weighted by atomic mass is 16.2. The Labute approximate surface area is 116 Å². The van der Waals surface area contributed by atoms with Crippen molar-refractivity contribution in [1.29, 1.82) is 0 Å². The van der Waals surface area contributed by atoms with Gasteiger partial charge in [-0.05, 0) is 62.3 Å². The highest BCUT2D eigenvalue weighted by Gasteiger charge is 2.32. The molecular formula is C17H25NO. The number of rotatable bonds is 5. The number of benzene rings is 1. The lowest BCUT2D eigenvalue weighted by Gasteiger charge is -2.23. The number of aryl methyl sites for hydroxylation is 2. The third kappa shape index (κ3) is 3.59. The van der Waals surface area contributed by atoms with Crippen LogP contribution in [0.3, 0.4) is 0 Å². The summed E-state index contributed by atoms with van der Waals surface area (Å²) in [6.07, 6.45) is 3.44. The third-order valence-electron chi connectivity index (χ3n) is 3.95. The molecule has 0 heterocycles. The molecule has 0 saturated heterocycles. The second-order valence-corrected chi connectivity index (χ2v) is 6.21. The van der Waals surface area contributed by atoms with Crippen molar-refractivity contribution in [3.8, 4) is 0 Å². The molecule has 1 aliphatic rings. The van der Waals surface area contributed by atoms with E-state index in [1.807, 2.05) is 12.1 Å². The van der Waals surface area contributed by atoms with Crippen LogP contribution in [0.5, 0.6) is 0 Å². The van der Waals surface area contributed by atoms with Crippen molar-refractivity contribution in [1.82, 2.24) is 4.90 Å². The summed E-state index contributed by atoms with van der Waals surface area (Å²) < 4.78 is 0. The molecule has 0 bridgehead atoms. The van der Waals surface area contributed by atoms with E-state index in [2.05, 4.69) is 38.7 Å². The molecule has 19 heavy (non-hydrogen) atoms. The van der Waals surface area contributed by atoms with Crippen LogP contribution < -0.4 is 0 Å². The minimum Gasteiger partial charge on any atom is -0.336 e. The van der Waals surface area contributed by atoms with Crippen LogP contribution in [0.2, 0.25) is 0 Å². The summed E-state index contributed by atoms with van der Waals surface area (Å²) in [6, 6.07) is 6.54. The number of amides is 1. The number of hydrogen-bond donors (Lipinski definition) is 0. The zero-order valence-electron chi connectivity index (χ0n) is 12.6. The summed E-state index contributed by atoms with van der Waals surface area (Å²) in [5.74, 6) is 0.861. The van der Waals surface area contributed by atoms with Crippen LogP contribution in [0.1, 0.15) is 54.6 Å². The summed E-state index contributed by atoms with van der Waals surface area (Å²) in [5.41, 5.74) is 3.29. The molecule has 1 aliphatic carbocycles. The first-order chi connectivity index (χ1) is 8.99. The molecule has 0 aromatic heterocycles. The lowest BCUT2D eigenvalue weighted by atomic mass is 10.0. The van der Waals surface area contributed by atoms with E-state index in [-0.39, 0.29) is 5.91 Å². The van der Waals surface area contributed by atoms with Gasteiger partial charge < -0.3 is 4.90 Å². The highest BCUT2D eigenvalue weighted by Crippen LogP contribution is 2.29. The van der Waals surface area contributed by atoms with E-state index in [0.717, 1.165) is 18.5 Å². The van der Waals surface area contributed by atoms with Gasteiger partial charge in [-0.15, -0.1) is 0 Å². The molecule has 104 valence electrons. The van der Waals surface area contributed by atoms with Crippen molar-refractivity contribution in [3.05, 3.63) is 34.9 Å². The van der Waals surface area contributed by atoms with E-state index in [4.69, 9.17) is 0 Å². The lowest BCUT2D eigenvalue weighted by Crippen LogP contribution is -2.34. The Morgan fingerprint density at radius 2 is 1.95 bits per heavy atom. The Kier molecular flexibility index (Phi) is 4.28. The minimum atomic E-state index is 0.214. The SMILES string of the molecule is Cc1ccc(C(=O)N(CCC(C)C)C2CC2)cc1C. The Hall–Kier alpha value is -1.31. The zero-order chi connectivity index (χ0) is 14.0. The number of hydrogen-bond acceptors (Lipinski definition) is 1. The van der Waals surface area contributed by atoms with Gasteiger partial charge in [-0.1, -0.05) is 19.9 Å². The van der Waals surface area contributed by atoms with Crippen LogP contribution in [-0.2, 0) is 0 Å². The van der Waals surface area contributed by atoms with E-state index >= 15 is 0 Å². The maximum Gasteiger partial charge on any atom is 0.254 e. The fourth-order valence-corrected chi connectivity index (χ4v) is 2.27. The Bertz CT molecular complexity index is 460. The number of carbonyl (C=O) groups excluding carboxylic acids is 1. The van der Waals surface area contributed by atoms with Gasteiger partial charge >= 0.3 is 0 Å². The van der Waals surface area contributed by atoms with E-state index < -0.39 is 0 Å².